The zero-order chi connectivity index (χ0) is 13.8. The summed E-state index contributed by atoms with van der Waals surface area (Å²) in [5, 5.41) is 4.61. The standard InChI is InChI=1S/C12H13N5O2/c13-11(18)7-17-6-8(5-15-16-12(14)19)9-3-1-2-4-10(9)17/h1-6H,7H2,(H2,13,18)(H3,14,16,19)/b15-5-. The minimum absolute atomic E-state index is 0.0810. The number of hydrazone groups is 1. The Labute approximate surface area is 108 Å². The molecule has 0 saturated heterocycles. The summed E-state index contributed by atoms with van der Waals surface area (Å²) in [5.41, 5.74) is 13.8. The van der Waals surface area contributed by atoms with Crippen molar-refractivity contribution in [3.8, 4) is 0 Å². The van der Waals surface area contributed by atoms with Crippen molar-refractivity contribution < 1.29 is 9.59 Å². The lowest BCUT2D eigenvalue weighted by atomic mass is 10.2. The summed E-state index contributed by atoms with van der Waals surface area (Å²) in [6.45, 7) is 0.0810. The predicted molar refractivity (Wildman–Crippen MR) is 71.4 cm³/mol. The molecule has 1 aromatic carbocycles. The number of aromatic nitrogens is 1. The summed E-state index contributed by atoms with van der Waals surface area (Å²) in [6.07, 6.45) is 3.20. The van der Waals surface area contributed by atoms with E-state index in [4.69, 9.17) is 11.5 Å². The first-order valence-corrected chi connectivity index (χ1v) is 5.52. The van der Waals surface area contributed by atoms with Crippen LogP contribution in [0.5, 0.6) is 0 Å². The van der Waals surface area contributed by atoms with Crippen LogP contribution in [-0.2, 0) is 11.3 Å². The number of amides is 3. The van der Waals surface area contributed by atoms with Crippen LogP contribution >= 0.6 is 0 Å². The van der Waals surface area contributed by atoms with Crippen LogP contribution < -0.4 is 16.9 Å². The summed E-state index contributed by atoms with van der Waals surface area (Å²) in [7, 11) is 0. The molecule has 7 nitrogen and oxygen atoms in total. The Morgan fingerprint density at radius 2 is 2.05 bits per heavy atom. The monoisotopic (exact) mass is 259 g/mol. The molecule has 2 rings (SSSR count). The van der Waals surface area contributed by atoms with Crippen molar-refractivity contribution in [2.24, 2.45) is 16.6 Å². The maximum absolute atomic E-state index is 11.0. The number of carbonyl (C=O) groups is 2. The molecule has 0 unspecified atom stereocenters. The van der Waals surface area contributed by atoms with E-state index in [1.165, 1.54) is 6.21 Å². The number of hydrogen-bond acceptors (Lipinski definition) is 3. The summed E-state index contributed by atoms with van der Waals surface area (Å²) < 4.78 is 1.73. The smallest absolute Gasteiger partial charge is 0.332 e. The van der Waals surface area contributed by atoms with Gasteiger partial charge in [-0.05, 0) is 6.07 Å². The highest BCUT2D eigenvalue weighted by molar-refractivity contribution is 6.00. The van der Waals surface area contributed by atoms with E-state index >= 15 is 0 Å². The van der Waals surface area contributed by atoms with E-state index in [1.807, 2.05) is 24.3 Å². The van der Waals surface area contributed by atoms with Gasteiger partial charge in [-0.1, -0.05) is 18.2 Å². The van der Waals surface area contributed by atoms with Crippen LogP contribution in [-0.4, -0.2) is 22.7 Å². The molecule has 1 heterocycles. The first kappa shape index (κ1) is 12.6. The van der Waals surface area contributed by atoms with Crippen LogP contribution in [0.4, 0.5) is 4.79 Å². The van der Waals surface area contributed by atoms with E-state index in [0.29, 0.717) is 0 Å². The second-order valence-electron chi connectivity index (χ2n) is 3.93. The zero-order valence-electron chi connectivity index (χ0n) is 10.0. The van der Waals surface area contributed by atoms with Crippen LogP contribution in [0.2, 0.25) is 0 Å². The van der Waals surface area contributed by atoms with Gasteiger partial charge >= 0.3 is 6.03 Å². The van der Waals surface area contributed by atoms with Crippen molar-refractivity contribution in [3.63, 3.8) is 0 Å². The van der Waals surface area contributed by atoms with Gasteiger partial charge in [0.25, 0.3) is 0 Å². The predicted octanol–water partition coefficient (Wildman–Crippen LogP) is 0.129. The molecule has 0 spiro atoms. The Morgan fingerprint density at radius 1 is 1.32 bits per heavy atom. The van der Waals surface area contributed by atoms with E-state index in [0.717, 1.165) is 16.5 Å². The molecule has 0 bridgehead atoms. The molecule has 3 amide bonds. The number of hydrogen-bond donors (Lipinski definition) is 3. The van der Waals surface area contributed by atoms with Crippen molar-refractivity contribution in [1.82, 2.24) is 9.99 Å². The number of rotatable bonds is 4. The molecule has 98 valence electrons. The molecule has 0 fully saturated rings. The van der Waals surface area contributed by atoms with E-state index in [2.05, 4.69) is 10.5 Å². The van der Waals surface area contributed by atoms with Crippen LogP contribution in [0.15, 0.2) is 35.6 Å². The summed E-state index contributed by atoms with van der Waals surface area (Å²) in [6, 6.07) is 6.76. The van der Waals surface area contributed by atoms with Gasteiger partial charge in [0.1, 0.15) is 6.54 Å². The third kappa shape index (κ3) is 2.89. The molecule has 2 aromatic rings. The fraction of sp³-hybridized carbons (Fsp3) is 0.0833. The average molecular weight is 259 g/mol. The Hall–Kier alpha value is -2.83. The number of para-hydroxylation sites is 1. The highest BCUT2D eigenvalue weighted by atomic mass is 16.2. The van der Waals surface area contributed by atoms with E-state index in [9.17, 15) is 9.59 Å². The highest BCUT2D eigenvalue weighted by Gasteiger charge is 2.07. The Morgan fingerprint density at radius 3 is 2.74 bits per heavy atom. The van der Waals surface area contributed by atoms with Gasteiger partial charge in [-0.25, -0.2) is 10.2 Å². The first-order valence-electron chi connectivity index (χ1n) is 5.52. The molecule has 0 radical (unpaired) electrons. The molecule has 1 aromatic heterocycles. The molecule has 19 heavy (non-hydrogen) atoms. The summed E-state index contributed by atoms with van der Waals surface area (Å²) in [5.74, 6) is -0.431. The van der Waals surface area contributed by atoms with Gasteiger partial charge in [0.05, 0.1) is 6.21 Å². The quantitative estimate of drug-likeness (QED) is 0.535. The maximum Gasteiger partial charge on any atom is 0.332 e. The number of carbonyl (C=O) groups excluding carboxylic acids is 2. The number of nitrogens with one attached hydrogen (secondary N) is 1. The van der Waals surface area contributed by atoms with E-state index in [-0.39, 0.29) is 6.54 Å². The van der Waals surface area contributed by atoms with Gasteiger partial charge in [0.2, 0.25) is 5.91 Å². The van der Waals surface area contributed by atoms with Gasteiger partial charge < -0.3 is 16.0 Å². The number of benzene rings is 1. The minimum Gasteiger partial charge on any atom is -0.368 e. The van der Waals surface area contributed by atoms with Crippen LogP contribution in [0.3, 0.4) is 0 Å². The number of nitrogens with zero attached hydrogens (tertiary/aromatic N) is 2. The van der Waals surface area contributed by atoms with Gasteiger partial charge in [-0.15, -0.1) is 0 Å². The average Bonchev–Trinajstić information content (AvgIpc) is 2.67. The Bertz CT molecular complexity index is 659. The second-order valence-corrected chi connectivity index (χ2v) is 3.93. The third-order valence-electron chi connectivity index (χ3n) is 2.52. The lowest BCUT2D eigenvalue weighted by Gasteiger charge is -2.00. The summed E-state index contributed by atoms with van der Waals surface area (Å²) in [4.78, 5) is 21.6. The molecule has 0 aliphatic carbocycles. The molecular weight excluding hydrogens is 246 g/mol. The van der Waals surface area contributed by atoms with Crippen LogP contribution in [0.25, 0.3) is 10.9 Å². The number of primary amides is 2. The SMILES string of the molecule is NC(=O)Cn1cc(/C=N\NC(N)=O)c2ccccc21. The number of urea groups is 1. The zero-order valence-corrected chi connectivity index (χ0v) is 10.0. The normalized spacial score (nSPS) is 10.9. The minimum atomic E-state index is -0.739. The Balaban J connectivity index is 2.41. The molecule has 5 N–H and O–H groups in total. The van der Waals surface area contributed by atoms with Gasteiger partial charge in [-0.2, -0.15) is 5.10 Å². The molecular formula is C12H13N5O2. The topological polar surface area (TPSA) is 116 Å². The molecule has 0 saturated carbocycles. The Kier molecular flexibility index (Phi) is 3.46. The highest BCUT2D eigenvalue weighted by Crippen LogP contribution is 2.19. The van der Waals surface area contributed by atoms with Crippen LogP contribution in [0.1, 0.15) is 5.56 Å². The lowest BCUT2D eigenvalue weighted by Crippen LogP contribution is -2.24. The van der Waals surface area contributed by atoms with E-state index in [1.54, 1.807) is 10.8 Å². The molecule has 0 aliphatic rings. The first-order chi connectivity index (χ1) is 9.08. The maximum atomic E-state index is 11.0. The fourth-order valence-corrected chi connectivity index (χ4v) is 1.84. The van der Waals surface area contributed by atoms with E-state index < -0.39 is 11.9 Å². The molecule has 0 aliphatic heterocycles. The summed E-state index contributed by atoms with van der Waals surface area (Å²) >= 11 is 0. The number of fused-ring (bicyclic) bond motifs is 1. The van der Waals surface area contributed by atoms with Crippen LogP contribution in [0, 0.1) is 0 Å². The molecule has 0 atom stereocenters. The third-order valence-corrected chi connectivity index (χ3v) is 2.52. The van der Waals surface area contributed by atoms with Crippen molar-refractivity contribution in [2.45, 2.75) is 6.54 Å². The second kappa shape index (κ2) is 5.21. The van der Waals surface area contributed by atoms with Gasteiger partial charge in [0.15, 0.2) is 0 Å². The largest absolute Gasteiger partial charge is 0.368 e. The lowest BCUT2D eigenvalue weighted by molar-refractivity contribution is -0.118. The van der Waals surface area contributed by atoms with Crippen molar-refractivity contribution in [1.29, 1.82) is 0 Å². The fourth-order valence-electron chi connectivity index (χ4n) is 1.84. The molecule has 7 heteroatoms. The van der Waals surface area contributed by atoms with Crippen molar-refractivity contribution in [3.05, 3.63) is 36.0 Å². The van der Waals surface area contributed by atoms with Gasteiger partial charge in [-0.3, -0.25) is 4.79 Å². The van der Waals surface area contributed by atoms with Crippen molar-refractivity contribution >= 4 is 29.1 Å². The number of nitrogens with two attached hydrogens (primary N) is 2. The van der Waals surface area contributed by atoms with Crippen molar-refractivity contribution in [2.75, 3.05) is 0 Å². The van der Waals surface area contributed by atoms with Gasteiger partial charge in [0, 0.05) is 22.7 Å².